The van der Waals surface area contributed by atoms with Crippen molar-refractivity contribution in [3.63, 3.8) is 0 Å². The van der Waals surface area contributed by atoms with E-state index in [1.54, 1.807) is 13.3 Å². The number of hydrogen-bond donors (Lipinski definition) is 0. The van der Waals surface area contributed by atoms with Crippen LogP contribution in [0.1, 0.15) is 30.7 Å². The van der Waals surface area contributed by atoms with Crippen molar-refractivity contribution in [2.75, 3.05) is 39.8 Å². The minimum absolute atomic E-state index is 0.0218. The maximum absolute atomic E-state index is 13.2. The highest BCUT2D eigenvalue weighted by atomic mass is 16.5. The number of carbonyl (C=O) groups excluding carboxylic acids is 1. The molecule has 2 amide bonds. The zero-order chi connectivity index (χ0) is 26.5. The van der Waals surface area contributed by atoms with Gasteiger partial charge in [-0.05, 0) is 49.1 Å². The number of benzene rings is 1. The largest absolute Gasteiger partial charge is 0.475 e. The van der Waals surface area contributed by atoms with Crippen molar-refractivity contribution in [1.82, 2.24) is 24.7 Å². The average molecular weight is 516 g/mol. The fraction of sp³-hybridized carbons (Fsp3) is 0.433. The van der Waals surface area contributed by atoms with E-state index in [2.05, 4.69) is 39.1 Å². The van der Waals surface area contributed by atoms with E-state index in [0.717, 1.165) is 42.9 Å². The van der Waals surface area contributed by atoms with E-state index in [9.17, 15) is 4.79 Å². The molecule has 1 fully saturated rings. The Labute approximate surface area is 225 Å². The van der Waals surface area contributed by atoms with Crippen molar-refractivity contribution in [3.8, 4) is 17.0 Å². The number of amides is 2. The Bertz CT molecular complexity index is 1230. The van der Waals surface area contributed by atoms with Crippen molar-refractivity contribution in [2.45, 2.75) is 45.6 Å². The summed E-state index contributed by atoms with van der Waals surface area (Å²) in [4.78, 5) is 28.3. The number of aromatic nitrogens is 2. The molecule has 8 heteroatoms. The third-order valence-electron chi connectivity index (χ3n) is 7.21. The molecule has 0 aliphatic carbocycles. The summed E-state index contributed by atoms with van der Waals surface area (Å²) in [5.41, 5.74) is 5.69. The van der Waals surface area contributed by atoms with Crippen LogP contribution < -0.4 is 4.74 Å². The van der Waals surface area contributed by atoms with Gasteiger partial charge in [0.2, 0.25) is 5.88 Å². The van der Waals surface area contributed by atoms with Crippen molar-refractivity contribution >= 4 is 6.03 Å². The first kappa shape index (κ1) is 26.1. The average Bonchev–Trinajstić information content (AvgIpc) is 3.26. The van der Waals surface area contributed by atoms with Gasteiger partial charge in [-0.3, -0.25) is 9.88 Å². The number of carbonyl (C=O) groups is 1. The Balaban J connectivity index is 1.14. The Morgan fingerprint density at radius 1 is 0.921 bits per heavy atom. The van der Waals surface area contributed by atoms with E-state index in [1.807, 2.05) is 54.1 Å². The molecule has 2 aliphatic heterocycles. The molecule has 0 unspecified atom stereocenters. The number of ether oxygens (including phenoxy) is 2. The molecule has 5 rings (SSSR count). The molecule has 1 atom stereocenters. The Morgan fingerprint density at radius 3 is 2.50 bits per heavy atom. The van der Waals surface area contributed by atoms with Gasteiger partial charge in [0.1, 0.15) is 0 Å². The second kappa shape index (κ2) is 11.9. The summed E-state index contributed by atoms with van der Waals surface area (Å²) in [6, 6.07) is 16.6. The zero-order valence-corrected chi connectivity index (χ0v) is 22.5. The summed E-state index contributed by atoms with van der Waals surface area (Å²) in [7, 11) is 1.74. The second-order valence-electron chi connectivity index (χ2n) is 10.3. The molecule has 0 N–H and O–H groups in total. The lowest BCUT2D eigenvalue weighted by Crippen LogP contribution is -2.44. The van der Waals surface area contributed by atoms with Gasteiger partial charge in [-0.2, -0.15) is 0 Å². The molecular weight excluding hydrogens is 478 g/mol. The number of urea groups is 1. The van der Waals surface area contributed by atoms with Crippen molar-refractivity contribution in [1.29, 1.82) is 0 Å². The highest BCUT2D eigenvalue weighted by molar-refractivity contribution is 5.76. The predicted molar refractivity (Wildman–Crippen MR) is 147 cm³/mol. The van der Waals surface area contributed by atoms with Crippen LogP contribution in [0.25, 0.3) is 11.1 Å². The third kappa shape index (κ3) is 6.31. The van der Waals surface area contributed by atoms with Crippen LogP contribution in [-0.2, 0) is 24.2 Å². The fourth-order valence-electron chi connectivity index (χ4n) is 5.18. The summed E-state index contributed by atoms with van der Waals surface area (Å²) in [6.45, 7) is 9.21. The van der Waals surface area contributed by atoms with Gasteiger partial charge in [-0.15, -0.1) is 0 Å². The molecule has 8 nitrogen and oxygen atoms in total. The smallest absolute Gasteiger partial charge is 0.320 e. The van der Waals surface area contributed by atoms with Crippen LogP contribution in [0.4, 0.5) is 4.79 Å². The van der Waals surface area contributed by atoms with Crippen LogP contribution in [-0.4, -0.2) is 82.7 Å². The minimum Gasteiger partial charge on any atom is -0.475 e. The molecule has 2 aliphatic rings. The summed E-state index contributed by atoms with van der Waals surface area (Å²) >= 11 is 0. The molecule has 2 aromatic heterocycles. The topological polar surface area (TPSA) is 71.0 Å². The Hall–Kier alpha value is -3.49. The highest BCUT2D eigenvalue weighted by Crippen LogP contribution is 2.23. The van der Waals surface area contributed by atoms with E-state index in [4.69, 9.17) is 9.47 Å². The van der Waals surface area contributed by atoms with E-state index >= 15 is 0 Å². The molecular formula is C30H37N5O3. The molecule has 1 saturated heterocycles. The molecule has 0 radical (unpaired) electrons. The zero-order valence-electron chi connectivity index (χ0n) is 22.5. The predicted octanol–water partition coefficient (Wildman–Crippen LogP) is 4.24. The number of pyridine rings is 2. The van der Waals surface area contributed by atoms with E-state index in [1.165, 1.54) is 11.1 Å². The first-order valence-electron chi connectivity index (χ1n) is 13.4. The quantitative estimate of drug-likeness (QED) is 0.402. The number of rotatable bonds is 10. The van der Waals surface area contributed by atoms with Crippen LogP contribution in [0.15, 0.2) is 60.9 Å². The second-order valence-corrected chi connectivity index (χ2v) is 10.3. The number of methoxy groups -OCH3 is 1. The SMILES string of the molecule is CO[C@H](CN1CCc2ccccc2C1)CN1CCN(Cc2ccc(-c3ccnc(OC(C)C)c3)cn2)C1=O. The Kier molecular flexibility index (Phi) is 8.20. The van der Waals surface area contributed by atoms with Gasteiger partial charge >= 0.3 is 6.03 Å². The first-order valence-corrected chi connectivity index (χ1v) is 13.4. The summed E-state index contributed by atoms with van der Waals surface area (Å²) < 4.78 is 11.5. The lowest BCUT2D eigenvalue weighted by molar-refractivity contribution is 0.0419. The lowest BCUT2D eigenvalue weighted by atomic mass is 10.00. The minimum atomic E-state index is -0.0218. The monoisotopic (exact) mass is 515 g/mol. The van der Waals surface area contributed by atoms with Crippen molar-refractivity contribution in [3.05, 3.63) is 77.7 Å². The van der Waals surface area contributed by atoms with E-state index < -0.39 is 0 Å². The standard InChI is InChI=1S/C30H37N5O3/c1-22(2)38-29-16-24(10-12-31-29)25-8-9-27(32-17-25)19-34-14-15-35(30(34)36)21-28(37-3)20-33-13-11-23-6-4-5-7-26(23)18-33/h4-10,12,16-17,22,28H,11,13-15,18-21H2,1-3H3/t28-/m1/s1. The maximum Gasteiger partial charge on any atom is 0.320 e. The molecule has 38 heavy (non-hydrogen) atoms. The van der Waals surface area contributed by atoms with Crippen LogP contribution in [0.3, 0.4) is 0 Å². The lowest BCUT2D eigenvalue weighted by Gasteiger charge is -2.32. The molecule has 200 valence electrons. The first-order chi connectivity index (χ1) is 18.5. The maximum atomic E-state index is 13.2. The summed E-state index contributed by atoms with van der Waals surface area (Å²) in [6.07, 6.45) is 4.70. The van der Waals surface area contributed by atoms with Gasteiger partial charge in [0.25, 0.3) is 0 Å². The van der Waals surface area contributed by atoms with Gasteiger partial charge in [-0.1, -0.05) is 30.3 Å². The van der Waals surface area contributed by atoms with E-state index in [0.29, 0.717) is 32.1 Å². The van der Waals surface area contributed by atoms with Crippen molar-refractivity contribution in [2.24, 2.45) is 0 Å². The van der Waals surface area contributed by atoms with Gasteiger partial charge < -0.3 is 19.3 Å². The van der Waals surface area contributed by atoms with Crippen LogP contribution >= 0.6 is 0 Å². The van der Waals surface area contributed by atoms with E-state index in [-0.39, 0.29) is 18.2 Å². The number of fused-ring (bicyclic) bond motifs is 1. The molecule has 0 saturated carbocycles. The molecule has 0 spiro atoms. The molecule has 0 bridgehead atoms. The highest BCUT2D eigenvalue weighted by Gasteiger charge is 2.31. The number of hydrogen-bond acceptors (Lipinski definition) is 6. The fourth-order valence-corrected chi connectivity index (χ4v) is 5.18. The molecule has 1 aromatic carbocycles. The van der Waals surface area contributed by atoms with Gasteiger partial charge in [0.05, 0.1) is 24.4 Å². The third-order valence-corrected chi connectivity index (χ3v) is 7.21. The summed E-state index contributed by atoms with van der Waals surface area (Å²) in [5.74, 6) is 0.601. The van der Waals surface area contributed by atoms with Gasteiger partial charge in [-0.25, -0.2) is 9.78 Å². The number of nitrogens with zero attached hydrogens (tertiary/aromatic N) is 5. The normalized spacial score (nSPS) is 16.7. The summed E-state index contributed by atoms with van der Waals surface area (Å²) in [5, 5.41) is 0. The van der Waals surface area contributed by atoms with Gasteiger partial charge in [0, 0.05) is 70.4 Å². The van der Waals surface area contributed by atoms with Crippen LogP contribution in [0.2, 0.25) is 0 Å². The van der Waals surface area contributed by atoms with Crippen molar-refractivity contribution < 1.29 is 14.3 Å². The van der Waals surface area contributed by atoms with Crippen LogP contribution in [0, 0.1) is 0 Å². The molecule has 3 aromatic rings. The van der Waals surface area contributed by atoms with Gasteiger partial charge in [0.15, 0.2) is 0 Å². The van der Waals surface area contributed by atoms with Crippen LogP contribution in [0.5, 0.6) is 5.88 Å². The molecule has 4 heterocycles. The Morgan fingerprint density at radius 2 is 1.74 bits per heavy atom.